The number of aryl methyl sites for hydroxylation is 1. The maximum Gasteiger partial charge on any atom is 0.337 e. The summed E-state index contributed by atoms with van der Waals surface area (Å²) in [5.41, 5.74) is 1.68. The zero-order chi connectivity index (χ0) is 13.1. The Hall–Kier alpha value is -1.95. The van der Waals surface area contributed by atoms with E-state index in [9.17, 15) is 4.79 Å². The first-order valence-electron chi connectivity index (χ1n) is 5.44. The first-order valence-corrected chi connectivity index (χ1v) is 6.31. The van der Waals surface area contributed by atoms with Crippen molar-refractivity contribution in [2.24, 2.45) is 0 Å². The second kappa shape index (κ2) is 5.14. The number of rotatable bonds is 4. The number of nitrogens with one attached hydrogen (secondary N) is 1. The van der Waals surface area contributed by atoms with E-state index in [2.05, 4.69) is 15.3 Å². The molecule has 2 N–H and O–H groups in total. The van der Waals surface area contributed by atoms with Crippen LogP contribution in [-0.2, 0) is 0 Å². The van der Waals surface area contributed by atoms with Crippen LogP contribution in [0.5, 0.6) is 0 Å². The SMILES string of the molecule is Cc1csc(C(C)Nc2cnccc2C(=O)O)n1. The van der Waals surface area contributed by atoms with E-state index in [4.69, 9.17) is 5.11 Å². The van der Waals surface area contributed by atoms with Crippen molar-refractivity contribution in [2.75, 3.05) is 5.32 Å². The molecule has 5 nitrogen and oxygen atoms in total. The first kappa shape index (κ1) is 12.5. The Balaban J connectivity index is 2.21. The second-order valence-corrected chi connectivity index (χ2v) is 4.81. The van der Waals surface area contributed by atoms with Crippen LogP contribution in [0, 0.1) is 6.92 Å². The highest BCUT2D eigenvalue weighted by atomic mass is 32.1. The third kappa shape index (κ3) is 2.65. The molecule has 1 atom stereocenters. The van der Waals surface area contributed by atoms with E-state index in [1.807, 2.05) is 19.2 Å². The van der Waals surface area contributed by atoms with Crippen LogP contribution >= 0.6 is 11.3 Å². The normalized spacial score (nSPS) is 12.1. The van der Waals surface area contributed by atoms with Gasteiger partial charge in [0, 0.05) is 17.3 Å². The zero-order valence-electron chi connectivity index (χ0n) is 10.0. The van der Waals surface area contributed by atoms with Gasteiger partial charge in [-0.15, -0.1) is 11.3 Å². The lowest BCUT2D eigenvalue weighted by atomic mass is 10.2. The maximum absolute atomic E-state index is 11.1. The van der Waals surface area contributed by atoms with Gasteiger partial charge in [-0.25, -0.2) is 9.78 Å². The molecule has 1 unspecified atom stereocenters. The largest absolute Gasteiger partial charge is 0.478 e. The zero-order valence-corrected chi connectivity index (χ0v) is 10.9. The summed E-state index contributed by atoms with van der Waals surface area (Å²) in [5, 5.41) is 15.1. The molecular formula is C12H13N3O2S. The molecule has 0 amide bonds. The summed E-state index contributed by atoms with van der Waals surface area (Å²) in [4.78, 5) is 19.4. The van der Waals surface area contributed by atoms with Crippen molar-refractivity contribution in [1.29, 1.82) is 0 Å². The lowest BCUT2D eigenvalue weighted by Crippen LogP contribution is -2.10. The fourth-order valence-electron chi connectivity index (χ4n) is 1.56. The molecule has 0 bridgehead atoms. The Morgan fingerprint density at radius 1 is 1.56 bits per heavy atom. The molecule has 18 heavy (non-hydrogen) atoms. The van der Waals surface area contributed by atoms with Crippen LogP contribution in [0.1, 0.15) is 34.0 Å². The quantitative estimate of drug-likeness (QED) is 0.887. The molecule has 0 saturated heterocycles. The van der Waals surface area contributed by atoms with E-state index in [1.165, 1.54) is 18.5 Å². The van der Waals surface area contributed by atoms with Crippen LogP contribution in [-0.4, -0.2) is 21.0 Å². The molecule has 6 heteroatoms. The predicted molar refractivity (Wildman–Crippen MR) is 70.1 cm³/mol. The molecule has 0 aliphatic heterocycles. The van der Waals surface area contributed by atoms with Crippen LogP contribution < -0.4 is 5.32 Å². The minimum atomic E-state index is -0.970. The number of hydrogen-bond acceptors (Lipinski definition) is 5. The number of pyridine rings is 1. The average molecular weight is 263 g/mol. The van der Waals surface area contributed by atoms with Crippen molar-refractivity contribution in [3.05, 3.63) is 40.1 Å². The highest BCUT2D eigenvalue weighted by molar-refractivity contribution is 7.09. The van der Waals surface area contributed by atoms with Gasteiger partial charge in [-0.2, -0.15) is 0 Å². The number of thiazole rings is 1. The van der Waals surface area contributed by atoms with Crippen LogP contribution in [0.25, 0.3) is 0 Å². The number of aromatic nitrogens is 2. The summed E-state index contributed by atoms with van der Waals surface area (Å²) >= 11 is 1.55. The summed E-state index contributed by atoms with van der Waals surface area (Å²) in [6.07, 6.45) is 2.98. The Morgan fingerprint density at radius 3 is 2.94 bits per heavy atom. The Bertz CT molecular complexity index is 568. The van der Waals surface area contributed by atoms with Gasteiger partial charge in [-0.05, 0) is 19.9 Å². The average Bonchev–Trinajstić information content (AvgIpc) is 2.76. The summed E-state index contributed by atoms with van der Waals surface area (Å²) in [7, 11) is 0. The molecule has 0 aromatic carbocycles. The predicted octanol–water partition coefficient (Wildman–Crippen LogP) is 2.72. The summed E-state index contributed by atoms with van der Waals surface area (Å²) in [6, 6.07) is 1.43. The van der Waals surface area contributed by atoms with Crippen molar-refractivity contribution >= 4 is 23.0 Å². The monoisotopic (exact) mass is 263 g/mol. The molecule has 2 heterocycles. The van der Waals surface area contributed by atoms with Crippen molar-refractivity contribution in [3.8, 4) is 0 Å². The van der Waals surface area contributed by atoms with E-state index in [1.54, 1.807) is 11.3 Å². The fraction of sp³-hybridized carbons (Fsp3) is 0.250. The van der Waals surface area contributed by atoms with Gasteiger partial charge in [0.15, 0.2) is 0 Å². The Kier molecular flexibility index (Phi) is 3.57. The number of hydrogen-bond donors (Lipinski definition) is 2. The van der Waals surface area contributed by atoms with Crippen LogP contribution in [0.15, 0.2) is 23.8 Å². The fourth-order valence-corrected chi connectivity index (χ4v) is 2.37. The minimum absolute atomic E-state index is 0.0500. The Labute approximate surface area is 109 Å². The van der Waals surface area contributed by atoms with Crippen molar-refractivity contribution < 1.29 is 9.90 Å². The van der Waals surface area contributed by atoms with Crippen LogP contribution in [0.4, 0.5) is 5.69 Å². The summed E-state index contributed by atoms with van der Waals surface area (Å²) in [5.74, 6) is -0.970. The van der Waals surface area contributed by atoms with Gasteiger partial charge in [0.05, 0.1) is 23.5 Å². The highest BCUT2D eigenvalue weighted by Gasteiger charge is 2.14. The standard InChI is InChI=1S/C12H13N3O2S/c1-7-6-18-11(14-7)8(2)15-10-5-13-4-3-9(10)12(16)17/h3-6,8,15H,1-2H3,(H,16,17). The number of aromatic carboxylic acids is 1. The lowest BCUT2D eigenvalue weighted by Gasteiger charge is -2.14. The molecule has 0 radical (unpaired) electrons. The van der Waals surface area contributed by atoms with E-state index in [-0.39, 0.29) is 11.6 Å². The molecular weight excluding hydrogens is 250 g/mol. The Morgan fingerprint density at radius 2 is 2.33 bits per heavy atom. The molecule has 0 spiro atoms. The molecule has 2 rings (SSSR count). The van der Waals surface area contributed by atoms with Gasteiger partial charge in [0.2, 0.25) is 0 Å². The van der Waals surface area contributed by atoms with Crippen LogP contribution in [0.3, 0.4) is 0 Å². The van der Waals surface area contributed by atoms with Crippen molar-refractivity contribution in [1.82, 2.24) is 9.97 Å². The first-order chi connectivity index (χ1) is 8.58. The smallest absolute Gasteiger partial charge is 0.337 e. The summed E-state index contributed by atoms with van der Waals surface area (Å²) < 4.78 is 0. The highest BCUT2D eigenvalue weighted by Crippen LogP contribution is 2.23. The van der Waals surface area contributed by atoms with Gasteiger partial charge in [0.25, 0.3) is 0 Å². The second-order valence-electron chi connectivity index (χ2n) is 3.92. The van der Waals surface area contributed by atoms with Gasteiger partial charge in [-0.3, -0.25) is 4.98 Å². The molecule has 2 aromatic heterocycles. The van der Waals surface area contributed by atoms with E-state index in [0.29, 0.717) is 5.69 Å². The van der Waals surface area contributed by atoms with Crippen LogP contribution in [0.2, 0.25) is 0 Å². The molecule has 94 valence electrons. The molecule has 0 fully saturated rings. The van der Waals surface area contributed by atoms with E-state index in [0.717, 1.165) is 10.7 Å². The van der Waals surface area contributed by atoms with Crippen molar-refractivity contribution in [2.45, 2.75) is 19.9 Å². The third-order valence-electron chi connectivity index (χ3n) is 2.43. The molecule has 0 aliphatic rings. The number of nitrogens with zero attached hydrogens (tertiary/aromatic N) is 2. The van der Waals surface area contributed by atoms with Gasteiger partial charge >= 0.3 is 5.97 Å². The maximum atomic E-state index is 11.1. The van der Waals surface area contributed by atoms with Gasteiger partial charge in [-0.1, -0.05) is 0 Å². The number of anilines is 1. The van der Waals surface area contributed by atoms with Crippen molar-refractivity contribution in [3.63, 3.8) is 0 Å². The molecule has 0 aliphatic carbocycles. The molecule has 0 saturated carbocycles. The van der Waals surface area contributed by atoms with Gasteiger partial charge < -0.3 is 10.4 Å². The number of carbonyl (C=O) groups is 1. The van der Waals surface area contributed by atoms with Gasteiger partial charge in [0.1, 0.15) is 5.01 Å². The van der Waals surface area contributed by atoms with E-state index < -0.39 is 5.97 Å². The molecule has 2 aromatic rings. The summed E-state index contributed by atoms with van der Waals surface area (Å²) in [6.45, 7) is 3.87. The topological polar surface area (TPSA) is 75.1 Å². The van der Waals surface area contributed by atoms with E-state index >= 15 is 0 Å². The number of carboxylic acid groups (broad SMARTS) is 1. The minimum Gasteiger partial charge on any atom is -0.478 e. The lowest BCUT2D eigenvalue weighted by molar-refractivity contribution is 0.0698. The number of carboxylic acids is 1. The third-order valence-corrected chi connectivity index (χ3v) is 3.58.